The van der Waals surface area contributed by atoms with Crippen LogP contribution in [0.2, 0.25) is 0 Å². The maximum Gasteiger partial charge on any atom is 0.123 e. The number of fused-ring (bicyclic) bond motifs is 1. The summed E-state index contributed by atoms with van der Waals surface area (Å²) in [5, 5.41) is 0. The van der Waals surface area contributed by atoms with Gasteiger partial charge < -0.3 is 4.74 Å². The third kappa shape index (κ3) is 2.23. The van der Waals surface area contributed by atoms with E-state index in [0.717, 1.165) is 12.2 Å². The maximum atomic E-state index is 5.74. The predicted octanol–water partition coefficient (Wildman–Crippen LogP) is 3.71. The molecule has 84 valence electrons. The molecule has 0 radical (unpaired) electrons. The zero-order valence-corrected chi connectivity index (χ0v) is 9.60. The summed E-state index contributed by atoms with van der Waals surface area (Å²) >= 11 is 0. The number of hydrogen-bond acceptors (Lipinski definition) is 1. The lowest BCUT2D eigenvalue weighted by Gasteiger charge is -2.19. The highest BCUT2D eigenvalue weighted by Crippen LogP contribution is 2.27. The first-order chi connectivity index (χ1) is 8.42. The van der Waals surface area contributed by atoms with Crippen LogP contribution in [0.1, 0.15) is 11.1 Å². The molecule has 3 rings (SSSR count). The highest BCUT2D eigenvalue weighted by atomic mass is 16.5. The van der Waals surface area contributed by atoms with Gasteiger partial charge in [0, 0.05) is 6.42 Å². The molecule has 0 unspecified atom stereocenters. The Morgan fingerprint density at radius 3 is 2.53 bits per heavy atom. The van der Waals surface area contributed by atoms with Crippen LogP contribution in [0.4, 0.5) is 0 Å². The molecule has 0 atom stereocenters. The van der Waals surface area contributed by atoms with Gasteiger partial charge in [-0.15, -0.1) is 0 Å². The molecule has 1 aliphatic rings. The average Bonchev–Trinajstić information content (AvgIpc) is 2.40. The third-order valence-corrected chi connectivity index (χ3v) is 2.97. The molecule has 0 saturated heterocycles. The molecule has 17 heavy (non-hydrogen) atoms. The van der Waals surface area contributed by atoms with Crippen LogP contribution in [0, 0.1) is 0 Å². The molecule has 2 aromatic carbocycles. The number of rotatable bonds is 1. The van der Waals surface area contributed by atoms with Crippen LogP contribution >= 0.6 is 0 Å². The maximum absolute atomic E-state index is 5.74. The molecule has 2 aromatic rings. The van der Waals surface area contributed by atoms with Crippen molar-refractivity contribution in [2.24, 2.45) is 0 Å². The van der Waals surface area contributed by atoms with Crippen molar-refractivity contribution in [1.29, 1.82) is 0 Å². The summed E-state index contributed by atoms with van der Waals surface area (Å²) < 4.78 is 5.74. The van der Waals surface area contributed by atoms with Gasteiger partial charge in [0.1, 0.15) is 12.4 Å². The minimum Gasteiger partial charge on any atom is -0.489 e. The normalized spacial score (nSPS) is 16.4. The second kappa shape index (κ2) is 4.46. The van der Waals surface area contributed by atoms with E-state index in [9.17, 15) is 0 Å². The zero-order valence-electron chi connectivity index (χ0n) is 9.60. The fourth-order valence-corrected chi connectivity index (χ4v) is 2.13. The number of ether oxygens (including phenoxy) is 1. The zero-order chi connectivity index (χ0) is 11.5. The first-order valence-corrected chi connectivity index (χ1v) is 5.87. The van der Waals surface area contributed by atoms with Gasteiger partial charge in [-0.1, -0.05) is 54.6 Å². The summed E-state index contributed by atoms with van der Waals surface area (Å²) in [7, 11) is 0. The first kappa shape index (κ1) is 10.2. The largest absolute Gasteiger partial charge is 0.489 e. The minimum absolute atomic E-state index is 0.700. The third-order valence-electron chi connectivity index (χ3n) is 2.97. The summed E-state index contributed by atoms with van der Waals surface area (Å²) in [4.78, 5) is 0. The Morgan fingerprint density at radius 2 is 1.65 bits per heavy atom. The van der Waals surface area contributed by atoms with Crippen LogP contribution in [0.15, 0.2) is 60.2 Å². The van der Waals surface area contributed by atoms with E-state index >= 15 is 0 Å². The Balaban J connectivity index is 1.87. The van der Waals surface area contributed by atoms with E-state index in [1.54, 1.807) is 0 Å². The Hall–Kier alpha value is -2.02. The van der Waals surface area contributed by atoms with Gasteiger partial charge in [-0.3, -0.25) is 0 Å². The van der Waals surface area contributed by atoms with Gasteiger partial charge in [0.15, 0.2) is 0 Å². The molecule has 0 fully saturated rings. The second-order valence-corrected chi connectivity index (χ2v) is 4.29. The van der Waals surface area contributed by atoms with Crippen molar-refractivity contribution in [3.8, 4) is 5.75 Å². The molecule has 1 heteroatoms. The molecule has 0 N–H and O–H groups in total. The summed E-state index contributed by atoms with van der Waals surface area (Å²) in [5.74, 6) is 1.03. The smallest absolute Gasteiger partial charge is 0.123 e. The van der Waals surface area contributed by atoms with Gasteiger partial charge in [0.25, 0.3) is 0 Å². The van der Waals surface area contributed by atoms with Crippen LogP contribution in [-0.4, -0.2) is 6.61 Å². The van der Waals surface area contributed by atoms with Crippen LogP contribution in [0.3, 0.4) is 0 Å². The number of benzene rings is 2. The highest BCUT2D eigenvalue weighted by molar-refractivity contribution is 5.55. The fourth-order valence-electron chi connectivity index (χ4n) is 2.13. The summed E-state index contributed by atoms with van der Waals surface area (Å²) in [6, 6.07) is 18.6. The molecule has 0 bridgehead atoms. The average molecular weight is 222 g/mol. The van der Waals surface area contributed by atoms with Gasteiger partial charge >= 0.3 is 0 Å². The van der Waals surface area contributed by atoms with Crippen molar-refractivity contribution in [1.82, 2.24) is 0 Å². The summed E-state index contributed by atoms with van der Waals surface area (Å²) in [5.41, 5.74) is 3.85. The van der Waals surface area contributed by atoms with Gasteiger partial charge in [-0.25, -0.2) is 0 Å². The van der Waals surface area contributed by atoms with Crippen molar-refractivity contribution >= 4 is 6.08 Å². The molecule has 0 aromatic heterocycles. The van der Waals surface area contributed by atoms with Crippen molar-refractivity contribution in [2.45, 2.75) is 6.42 Å². The van der Waals surface area contributed by atoms with Crippen molar-refractivity contribution in [2.75, 3.05) is 6.61 Å². The summed E-state index contributed by atoms with van der Waals surface area (Å²) in [6.07, 6.45) is 3.21. The highest BCUT2D eigenvalue weighted by Gasteiger charge is 2.12. The van der Waals surface area contributed by atoms with Crippen LogP contribution < -0.4 is 4.74 Å². The van der Waals surface area contributed by atoms with Crippen LogP contribution in [-0.2, 0) is 6.42 Å². The monoisotopic (exact) mass is 222 g/mol. The van der Waals surface area contributed by atoms with Crippen molar-refractivity contribution in [3.63, 3.8) is 0 Å². The van der Waals surface area contributed by atoms with Gasteiger partial charge in [0.05, 0.1) is 0 Å². The van der Waals surface area contributed by atoms with Crippen molar-refractivity contribution < 1.29 is 4.74 Å². The molecule has 1 aliphatic heterocycles. The van der Waals surface area contributed by atoms with E-state index in [1.165, 1.54) is 16.7 Å². The Morgan fingerprint density at radius 1 is 0.882 bits per heavy atom. The SMILES string of the molecule is C(=C1/COc2ccccc2C1)/c1ccccc1. The van der Waals surface area contributed by atoms with E-state index < -0.39 is 0 Å². The van der Waals surface area contributed by atoms with E-state index in [0.29, 0.717) is 6.61 Å². The topological polar surface area (TPSA) is 9.23 Å². The molecular weight excluding hydrogens is 208 g/mol. The summed E-state index contributed by atoms with van der Waals surface area (Å²) in [6.45, 7) is 0.700. The van der Waals surface area contributed by atoms with E-state index in [2.05, 4.69) is 42.5 Å². The van der Waals surface area contributed by atoms with Crippen LogP contribution in [0.25, 0.3) is 6.08 Å². The molecule has 0 saturated carbocycles. The fraction of sp³-hybridized carbons (Fsp3) is 0.125. The number of hydrogen-bond donors (Lipinski definition) is 0. The second-order valence-electron chi connectivity index (χ2n) is 4.29. The molecular formula is C16H14O. The van der Waals surface area contributed by atoms with Crippen LogP contribution in [0.5, 0.6) is 5.75 Å². The predicted molar refractivity (Wildman–Crippen MR) is 70.1 cm³/mol. The lowest BCUT2D eigenvalue weighted by molar-refractivity contribution is 0.333. The Labute approximate surface area is 101 Å². The lowest BCUT2D eigenvalue weighted by Crippen LogP contribution is -2.11. The quantitative estimate of drug-likeness (QED) is 0.714. The molecule has 0 amide bonds. The van der Waals surface area contributed by atoms with E-state index in [-0.39, 0.29) is 0 Å². The van der Waals surface area contributed by atoms with Gasteiger partial charge in [0.2, 0.25) is 0 Å². The first-order valence-electron chi connectivity index (χ1n) is 5.87. The Bertz CT molecular complexity index is 540. The molecule has 1 heterocycles. The Kier molecular flexibility index (Phi) is 2.66. The minimum atomic E-state index is 0.700. The standard InChI is InChI=1S/C16H14O/c1-2-6-13(7-3-1)10-14-11-15-8-4-5-9-16(15)17-12-14/h1-10H,11-12H2/b14-10-. The molecule has 0 aliphatic carbocycles. The molecule has 0 spiro atoms. The number of para-hydroxylation sites is 1. The van der Waals surface area contributed by atoms with E-state index in [1.807, 2.05) is 18.2 Å². The van der Waals surface area contributed by atoms with Gasteiger partial charge in [-0.05, 0) is 22.8 Å². The molecule has 1 nitrogen and oxygen atoms in total. The van der Waals surface area contributed by atoms with Gasteiger partial charge in [-0.2, -0.15) is 0 Å². The lowest BCUT2D eigenvalue weighted by atomic mass is 10.00. The van der Waals surface area contributed by atoms with E-state index in [4.69, 9.17) is 4.74 Å². The van der Waals surface area contributed by atoms with Crippen molar-refractivity contribution in [3.05, 3.63) is 71.3 Å².